The molecule has 0 unspecified atom stereocenters. The molecular weight excluding hydrogens is 274 g/mol. The van der Waals surface area contributed by atoms with Crippen molar-refractivity contribution in [3.8, 4) is 0 Å². The number of hydrogen-bond acceptors (Lipinski definition) is 5. The fourth-order valence-corrected chi connectivity index (χ4v) is 3.16. The van der Waals surface area contributed by atoms with E-state index in [4.69, 9.17) is 0 Å². The molecule has 2 aliphatic rings. The highest BCUT2D eigenvalue weighted by atomic mass is 15.3. The van der Waals surface area contributed by atoms with Crippen molar-refractivity contribution in [2.75, 3.05) is 42.9 Å². The summed E-state index contributed by atoms with van der Waals surface area (Å²) >= 11 is 0. The van der Waals surface area contributed by atoms with Gasteiger partial charge >= 0.3 is 0 Å². The van der Waals surface area contributed by atoms with Crippen LogP contribution >= 0.6 is 0 Å². The molecule has 0 amide bonds. The second-order valence-electron chi connectivity index (χ2n) is 7.80. The third-order valence-corrected chi connectivity index (χ3v) is 4.68. The zero-order valence-electron chi connectivity index (χ0n) is 14.2. The highest BCUT2D eigenvalue weighted by Gasteiger charge is 2.33. The van der Waals surface area contributed by atoms with Gasteiger partial charge in [-0.05, 0) is 37.8 Å². The van der Waals surface area contributed by atoms with Crippen LogP contribution in [0.25, 0.3) is 0 Å². The Morgan fingerprint density at radius 2 is 1.91 bits per heavy atom. The Labute approximate surface area is 134 Å². The number of hydrogen-bond donors (Lipinski definition) is 1. The summed E-state index contributed by atoms with van der Waals surface area (Å²) in [5.41, 5.74) is 0.350. The highest BCUT2D eigenvalue weighted by molar-refractivity contribution is 5.50. The zero-order valence-corrected chi connectivity index (χ0v) is 14.2. The largest absolute Gasteiger partial charge is 0.370 e. The third-order valence-electron chi connectivity index (χ3n) is 4.68. The molecule has 1 aromatic heterocycles. The summed E-state index contributed by atoms with van der Waals surface area (Å²) in [5.74, 6) is 2.00. The molecule has 2 aliphatic heterocycles. The summed E-state index contributed by atoms with van der Waals surface area (Å²) in [6, 6.07) is 2.82. The van der Waals surface area contributed by atoms with E-state index in [2.05, 4.69) is 51.9 Å². The van der Waals surface area contributed by atoms with Gasteiger partial charge in [0.2, 0.25) is 0 Å². The summed E-state index contributed by atoms with van der Waals surface area (Å²) in [6.45, 7) is 12.5. The van der Waals surface area contributed by atoms with Gasteiger partial charge in [0.05, 0.1) is 0 Å². The molecular formula is C17H29N5. The maximum absolute atomic E-state index is 4.44. The summed E-state index contributed by atoms with van der Waals surface area (Å²) < 4.78 is 0. The first kappa shape index (κ1) is 15.5. The van der Waals surface area contributed by atoms with E-state index in [1.807, 2.05) is 0 Å². The van der Waals surface area contributed by atoms with Gasteiger partial charge in [-0.25, -0.2) is 9.97 Å². The minimum absolute atomic E-state index is 0.350. The van der Waals surface area contributed by atoms with Crippen molar-refractivity contribution in [3.05, 3.63) is 12.4 Å². The van der Waals surface area contributed by atoms with Crippen LogP contribution in [-0.4, -0.2) is 53.6 Å². The molecule has 22 heavy (non-hydrogen) atoms. The van der Waals surface area contributed by atoms with Crippen LogP contribution in [0, 0.1) is 5.41 Å². The number of likely N-dealkylation sites (tertiary alicyclic amines) is 1. The Morgan fingerprint density at radius 1 is 1.18 bits per heavy atom. The van der Waals surface area contributed by atoms with Crippen molar-refractivity contribution in [1.29, 1.82) is 0 Å². The van der Waals surface area contributed by atoms with Crippen LogP contribution in [0.2, 0.25) is 0 Å². The van der Waals surface area contributed by atoms with Crippen molar-refractivity contribution in [2.45, 2.75) is 46.1 Å². The molecule has 0 atom stereocenters. The normalized spacial score (nSPS) is 20.2. The average Bonchev–Trinajstić information content (AvgIpc) is 2.90. The van der Waals surface area contributed by atoms with E-state index in [1.54, 1.807) is 6.33 Å². The molecule has 122 valence electrons. The number of nitrogens with zero attached hydrogens (tertiary/aromatic N) is 4. The monoisotopic (exact) mass is 303 g/mol. The second kappa shape index (κ2) is 6.41. The van der Waals surface area contributed by atoms with Gasteiger partial charge in [0.25, 0.3) is 0 Å². The lowest BCUT2D eigenvalue weighted by Gasteiger charge is -2.44. The van der Waals surface area contributed by atoms with Crippen LogP contribution < -0.4 is 10.2 Å². The SMILES string of the molecule is CC(C)(C)CCNc1cc(N2CC(N3CCCC3)C2)ncn1. The lowest BCUT2D eigenvalue weighted by molar-refractivity contribution is 0.204. The molecule has 1 aromatic rings. The Balaban J connectivity index is 1.49. The highest BCUT2D eigenvalue weighted by Crippen LogP contribution is 2.25. The standard InChI is InChI=1S/C17H29N5/c1-17(2,3)6-7-18-15-10-16(20-13-19-15)22-11-14(12-22)21-8-4-5-9-21/h10,13-14H,4-9,11-12H2,1-3H3,(H,18,19,20). The lowest BCUT2D eigenvalue weighted by atomic mass is 9.92. The Bertz CT molecular complexity index is 484. The van der Waals surface area contributed by atoms with Gasteiger partial charge in [-0.15, -0.1) is 0 Å². The van der Waals surface area contributed by atoms with E-state index >= 15 is 0 Å². The van der Waals surface area contributed by atoms with Crippen LogP contribution in [0.4, 0.5) is 11.6 Å². The quantitative estimate of drug-likeness (QED) is 0.906. The van der Waals surface area contributed by atoms with Gasteiger partial charge < -0.3 is 10.2 Å². The minimum atomic E-state index is 0.350. The van der Waals surface area contributed by atoms with Crippen LogP contribution in [0.15, 0.2) is 12.4 Å². The van der Waals surface area contributed by atoms with Crippen LogP contribution in [-0.2, 0) is 0 Å². The van der Waals surface area contributed by atoms with Gasteiger partial charge in [0.15, 0.2) is 0 Å². The van der Waals surface area contributed by atoms with Crippen LogP contribution in [0.5, 0.6) is 0 Å². The first-order valence-electron chi connectivity index (χ1n) is 8.56. The number of nitrogens with one attached hydrogen (secondary N) is 1. The molecule has 0 spiro atoms. The summed E-state index contributed by atoms with van der Waals surface area (Å²) in [4.78, 5) is 13.8. The molecule has 0 aliphatic carbocycles. The van der Waals surface area contributed by atoms with Crippen molar-refractivity contribution < 1.29 is 0 Å². The molecule has 0 saturated carbocycles. The van der Waals surface area contributed by atoms with Crippen molar-refractivity contribution >= 4 is 11.6 Å². The molecule has 1 N–H and O–H groups in total. The molecule has 3 rings (SSSR count). The molecule has 0 radical (unpaired) electrons. The van der Waals surface area contributed by atoms with Crippen molar-refractivity contribution in [3.63, 3.8) is 0 Å². The molecule has 5 heteroatoms. The molecule has 2 saturated heterocycles. The Kier molecular flexibility index (Phi) is 4.52. The van der Waals surface area contributed by atoms with E-state index in [0.717, 1.165) is 43.7 Å². The maximum Gasteiger partial charge on any atom is 0.134 e. The van der Waals surface area contributed by atoms with E-state index in [0.29, 0.717) is 5.41 Å². The Morgan fingerprint density at radius 3 is 2.59 bits per heavy atom. The van der Waals surface area contributed by atoms with E-state index < -0.39 is 0 Å². The van der Waals surface area contributed by atoms with Gasteiger partial charge in [-0.1, -0.05) is 20.8 Å². The lowest BCUT2D eigenvalue weighted by Crippen LogP contribution is -2.59. The van der Waals surface area contributed by atoms with Gasteiger partial charge in [-0.2, -0.15) is 0 Å². The van der Waals surface area contributed by atoms with E-state index in [9.17, 15) is 0 Å². The van der Waals surface area contributed by atoms with E-state index in [-0.39, 0.29) is 0 Å². The van der Waals surface area contributed by atoms with E-state index in [1.165, 1.54) is 25.9 Å². The first-order valence-corrected chi connectivity index (χ1v) is 8.56. The average molecular weight is 303 g/mol. The molecule has 0 aromatic carbocycles. The van der Waals surface area contributed by atoms with Crippen LogP contribution in [0.1, 0.15) is 40.0 Å². The maximum atomic E-state index is 4.44. The predicted molar refractivity (Wildman–Crippen MR) is 91.4 cm³/mol. The predicted octanol–water partition coefficient (Wildman–Crippen LogP) is 2.61. The van der Waals surface area contributed by atoms with Gasteiger partial charge in [0, 0.05) is 31.7 Å². The van der Waals surface area contributed by atoms with Crippen LogP contribution in [0.3, 0.4) is 0 Å². The summed E-state index contributed by atoms with van der Waals surface area (Å²) in [5, 5.41) is 3.42. The number of aromatic nitrogens is 2. The molecule has 2 fully saturated rings. The second-order valence-corrected chi connectivity index (χ2v) is 7.80. The molecule has 5 nitrogen and oxygen atoms in total. The fourth-order valence-electron chi connectivity index (χ4n) is 3.16. The van der Waals surface area contributed by atoms with Gasteiger partial charge in [-0.3, -0.25) is 4.90 Å². The van der Waals surface area contributed by atoms with Gasteiger partial charge in [0.1, 0.15) is 18.0 Å². The number of rotatable bonds is 5. The smallest absolute Gasteiger partial charge is 0.134 e. The van der Waals surface area contributed by atoms with Crippen molar-refractivity contribution in [2.24, 2.45) is 5.41 Å². The topological polar surface area (TPSA) is 44.3 Å². The first-order chi connectivity index (χ1) is 10.5. The fraction of sp³-hybridized carbons (Fsp3) is 0.765. The third kappa shape index (κ3) is 3.88. The molecule has 0 bridgehead atoms. The number of anilines is 2. The summed E-state index contributed by atoms with van der Waals surface area (Å²) in [7, 11) is 0. The zero-order chi connectivity index (χ0) is 15.6. The van der Waals surface area contributed by atoms with Crippen molar-refractivity contribution in [1.82, 2.24) is 14.9 Å². The Hall–Kier alpha value is -1.36. The summed E-state index contributed by atoms with van der Waals surface area (Å²) in [6.07, 6.45) is 5.54. The molecule has 3 heterocycles. The minimum Gasteiger partial charge on any atom is -0.370 e.